The van der Waals surface area contributed by atoms with Crippen LogP contribution < -0.4 is 15.8 Å². The van der Waals surface area contributed by atoms with Crippen LogP contribution in [0.15, 0.2) is 42.5 Å². The van der Waals surface area contributed by atoms with E-state index in [1.165, 1.54) is 12.1 Å². The fourth-order valence-electron chi connectivity index (χ4n) is 1.74. The molecule has 0 aromatic heterocycles. The van der Waals surface area contributed by atoms with Crippen molar-refractivity contribution in [3.05, 3.63) is 48.0 Å². The second-order valence-corrected chi connectivity index (χ2v) is 4.35. The number of rotatable bonds is 5. The number of anilines is 1. The summed E-state index contributed by atoms with van der Waals surface area (Å²) in [7, 11) is 0. The van der Waals surface area contributed by atoms with E-state index in [-0.39, 0.29) is 17.1 Å². The van der Waals surface area contributed by atoms with Crippen molar-refractivity contribution in [1.82, 2.24) is 0 Å². The Labute approximate surface area is 121 Å². The lowest BCUT2D eigenvalue weighted by Gasteiger charge is -2.08. The van der Waals surface area contributed by atoms with Crippen molar-refractivity contribution in [2.45, 2.75) is 0 Å². The van der Waals surface area contributed by atoms with E-state index in [0.717, 1.165) is 6.07 Å². The molecule has 2 aromatic rings. The standard InChI is InChI=1S/C15H16N2O4/c16-5-6-21-14-3-1-11(2-4-14)17-15(20)10-7-12(18)9-13(19)8-10/h1-4,7-9,18-19H,5-6,16H2,(H,17,20). The van der Waals surface area contributed by atoms with Crippen LogP contribution in [0.2, 0.25) is 0 Å². The van der Waals surface area contributed by atoms with Gasteiger partial charge in [-0.25, -0.2) is 0 Å². The van der Waals surface area contributed by atoms with Crippen LogP contribution in [0.25, 0.3) is 0 Å². The van der Waals surface area contributed by atoms with E-state index < -0.39 is 5.91 Å². The molecule has 0 heterocycles. The minimum Gasteiger partial charge on any atom is -0.508 e. The Hall–Kier alpha value is -2.73. The molecule has 2 aromatic carbocycles. The van der Waals surface area contributed by atoms with E-state index in [1.807, 2.05) is 0 Å². The van der Waals surface area contributed by atoms with Crippen molar-refractivity contribution < 1.29 is 19.7 Å². The van der Waals surface area contributed by atoms with Crippen LogP contribution >= 0.6 is 0 Å². The third kappa shape index (κ3) is 4.12. The maximum atomic E-state index is 12.0. The molecule has 0 aliphatic carbocycles. The van der Waals surface area contributed by atoms with Gasteiger partial charge in [-0.15, -0.1) is 0 Å². The summed E-state index contributed by atoms with van der Waals surface area (Å²) in [5.41, 5.74) is 6.07. The van der Waals surface area contributed by atoms with E-state index in [0.29, 0.717) is 24.6 Å². The van der Waals surface area contributed by atoms with E-state index in [9.17, 15) is 15.0 Å². The van der Waals surface area contributed by atoms with Crippen molar-refractivity contribution in [2.24, 2.45) is 5.73 Å². The van der Waals surface area contributed by atoms with Gasteiger partial charge >= 0.3 is 0 Å². The Balaban J connectivity index is 2.05. The van der Waals surface area contributed by atoms with Crippen LogP contribution in [0.3, 0.4) is 0 Å². The fraction of sp³-hybridized carbons (Fsp3) is 0.133. The molecule has 5 N–H and O–H groups in total. The van der Waals surface area contributed by atoms with Crippen LogP contribution in [0, 0.1) is 0 Å². The van der Waals surface area contributed by atoms with Gasteiger partial charge in [0.1, 0.15) is 23.9 Å². The Kier molecular flexibility index (Phi) is 4.63. The van der Waals surface area contributed by atoms with Crippen LogP contribution in [0.1, 0.15) is 10.4 Å². The molecule has 0 saturated carbocycles. The van der Waals surface area contributed by atoms with Crippen molar-refractivity contribution in [3.8, 4) is 17.2 Å². The molecule has 21 heavy (non-hydrogen) atoms. The molecule has 0 atom stereocenters. The van der Waals surface area contributed by atoms with Crippen LogP contribution in [-0.4, -0.2) is 29.3 Å². The number of carbonyl (C=O) groups excluding carboxylic acids is 1. The average molecular weight is 288 g/mol. The quantitative estimate of drug-likeness (QED) is 0.670. The molecular formula is C15H16N2O4. The lowest BCUT2D eigenvalue weighted by atomic mass is 10.2. The first-order valence-electron chi connectivity index (χ1n) is 6.36. The van der Waals surface area contributed by atoms with Gasteiger partial charge in [0.05, 0.1) is 0 Å². The van der Waals surface area contributed by atoms with Gasteiger partial charge in [-0.1, -0.05) is 0 Å². The Morgan fingerprint density at radius 2 is 1.71 bits per heavy atom. The van der Waals surface area contributed by atoms with Gasteiger partial charge in [-0.3, -0.25) is 4.79 Å². The maximum Gasteiger partial charge on any atom is 0.255 e. The van der Waals surface area contributed by atoms with Crippen molar-refractivity contribution in [3.63, 3.8) is 0 Å². The summed E-state index contributed by atoms with van der Waals surface area (Å²) in [6.07, 6.45) is 0. The third-order valence-corrected chi connectivity index (χ3v) is 2.66. The number of phenols is 2. The first-order valence-corrected chi connectivity index (χ1v) is 6.36. The molecular weight excluding hydrogens is 272 g/mol. The number of nitrogens with one attached hydrogen (secondary N) is 1. The summed E-state index contributed by atoms with van der Waals surface area (Å²) in [5.74, 6) is -0.123. The van der Waals surface area contributed by atoms with Gasteiger partial charge in [0.25, 0.3) is 5.91 Å². The lowest BCUT2D eigenvalue weighted by Crippen LogP contribution is -2.12. The second kappa shape index (κ2) is 6.62. The lowest BCUT2D eigenvalue weighted by molar-refractivity contribution is 0.102. The van der Waals surface area contributed by atoms with Gasteiger partial charge in [-0.2, -0.15) is 0 Å². The predicted molar refractivity (Wildman–Crippen MR) is 78.7 cm³/mol. The molecule has 0 aliphatic heterocycles. The number of nitrogens with two attached hydrogens (primary N) is 1. The highest BCUT2D eigenvalue weighted by Gasteiger charge is 2.09. The third-order valence-electron chi connectivity index (χ3n) is 2.66. The first kappa shape index (κ1) is 14.7. The van der Waals surface area contributed by atoms with E-state index >= 15 is 0 Å². The largest absolute Gasteiger partial charge is 0.508 e. The smallest absolute Gasteiger partial charge is 0.255 e. The molecule has 0 aliphatic rings. The van der Waals surface area contributed by atoms with E-state index in [2.05, 4.69) is 5.32 Å². The highest BCUT2D eigenvalue weighted by molar-refractivity contribution is 6.04. The molecule has 0 spiro atoms. The second-order valence-electron chi connectivity index (χ2n) is 4.35. The van der Waals surface area contributed by atoms with Gasteiger partial charge in [0, 0.05) is 23.9 Å². The molecule has 0 fully saturated rings. The fourth-order valence-corrected chi connectivity index (χ4v) is 1.74. The van der Waals surface area contributed by atoms with Gasteiger partial charge in [0.2, 0.25) is 0 Å². The number of ether oxygens (including phenoxy) is 1. The number of hydrogen-bond acceptors (Lipinski definition) is 5. The molecule has 0 unspecified atom stereocenters. The first-order chi connectivity index (χ1) is 10.1. The van der Waals surface area contributed by atoms with Crippen molar-refractivity contribution in [2.75, 3.05) is 18.5 Å². The number of hydrogen-bond donors (Lipinski definition) is 4. The maximum absolute atomic E-state index is 12.0. The zero-order chi connectivity index (χ0) is 15.2. The van der Waals surface area contributed by atoms with Gasteiger partial charge < -0.3 is 26.0 Å². The minimum atomic E-state index is -0.433. The molecule has 0 radical (unpaired) electrons. The number of phenolic OH excluding ortho intramolecular Hbond substituents is 2. The highest BCUT2D eigenvalue weighted by Crippen LogP contribution is 2.22. The highest BCUT2D eigenvalue weighted by atomic mass is 16.5. The normalized spacial score (nSPS) is 10.1. The van der Waals surface area contributed by atoms with E-state index in [4.69, 9.17) is 10.5 Å². The molecule has 1 amide bonds. The van der Waals surface area contributed by atoms with Crippen molar-refractivity contribution >= 4 is 11.6 Å². The number of carbonyl (C=O) groups is 1. The minimum absolute atomic E-state index is 0.163. The SMILES string of the molecule is NCCOc1ccc(NC(=O)c2cc(O)cc(O)c2)cc1. The predicted octanol–water partition coefficient (Wildman–Crippen LogP) is 1.69. The monoisotopic (exact) mass is 288 g/mol. The topological polar surface area (TPSA) is 105 Å². The van der Waals surface area contributed by atoms with Crippen LogP contribution in [0.4, 0.5) is 5.69 Å². The van der Waals surface area contributed by atoms with E-state index in [1.54, 1.807) is 24.3 Å². The molecule has 2 rings (SSSR count). The van der Waals surface area contributed by atoms with Gasteiger partial charge in [-0.05, 0) is 36.4 Å². The van der Waals surface area contributed by atoms with Crippen LogP contribution in [-0.2, 0) is 0 Å². The Bertz CT molecular complexity index is 606. The summed E-state index contributed by atoms with van der Waals surface area (Å²) in [6, 6.07) is 10.5. The summed E-state index contributed by atoms with van der Waals surface area (Å²) in [4.78, 5) is 12.0. The summed E-state index contributed by atoms with van der Waals surface area (Å²) < 4.78 is 5.33. The zero-order valence-corrected chi connectivity index (χ0v) is 11.2. The average Bonchev–Trinajstić information content (AvgIpc) is 2.45. The molecule has 110 valence electrons. The number of benzene rings is 2. The zero-order valence-electron chi connectivity index (χ0n) is 11.2. The Morgan fingerprint density at radius 3 is 2.29 bits per heavy atom. The summed E-state index contributed by atoms with van der Waals surface area (Å²) in [5, 5.41) is 21.4. The van der Waals surface area contributed by atoms with Crippen molar-refractivity contribution in [1.29, 1.82) is 0 Å². The van der Waals surface area contributed by atoms with Crippen LogP contribution in [0.5, 0.6) is 17.2 Å². The molecule has 0 bridgehead atoms. The molecule has 6 nitrogen and oxygen atoms in total. The molecule has 0 saturated heterocycles. The summed E-state index contributed by atoms with van der Waals surface area (Å²) >= 11 is 0. The Morgan fingerprint density at radius 1 is 1.10 bits per heavy atom. The summed E-state index contributed by atoms with van der Waals surface area (Å²) in [6.45, 7) is 0.855. The number of amides is 1. The number of aromatic hydroxyl groups is 2. The van der Waals surface area contributed by atoms with Gasteiger partial charge in [0.15, 0.2) is 0 Å². The molecule has 6 heteroatoms.